The predicted octanol–water partition coefficient (Wildman–Crippen LogP) is 2.13. The van der Waals surface area contributed by atoms with Gasteiger partial charge in [0.05, 0.1) is 0 Å². The fourth-order valence-corrected chi connectivity index (χ4v) is 2.36. The minimum absolute atomic E-state index is 0.324. The van der Waals surface area contributed by atoms with Crippen LogP contribution in [0.5, 0.6) is 0 Å². The number of carboxylic acids is 1. The summed E-state index contributed by atoms with van der Waals surface area (Å²) in [6.45, 7) is 0. The molecule has 1 unspecified atom stereocenters. The zero-order chi connectivity index (χ0) is 12.1. The van der Waals surface area contributed by atoms with E-state index >= 15 is 0 Å². The van der Waals surface area contributed by atoms with Crippen LogP contribution in [0.3, 0.4) is 0 Å². The molecule has 1 aromatic heterocycles. The Hall–Kier alpha value is -1.42. The van der Waals surface area contributed by atoms with Gasteiger partial charge in [0.15, 0.2) is 0 Å². The Labute approximate surface area is 101 Å². The highest BCUT2D eigenvalue weighted by molar-refractivity contribution is 5.75. The van der Waals surface area contributed by atoms with Gasteiger partial charge in [0.1, 0.15) is 6.04 Å². The number of aliphatic carboxylic acids is 1. The van der Waals surface area contributed by atoms with Gasteiger partial charge >= 0.3 is 5.97 Å². The van der Waals surface area contributed by atoms with Gasteiger partial charge in [0.2, 0.25) is 0 Å². The molecule has 0 amide bonds. The topological polar surface area (TPSA) is 62.2 Å². The Bertz CT molecular complexity index is 361. The van der Waals surface area contributed by atoms with Gasteiger partial charge in [-0.25, -0.2) is 0 Å². The molecule has 0 bridgehead atoms. The molecule has 2 rings (SSSR count). The highest BCUT2D eigenvalue weighted by Gasteiger charge is 2.24. The molecule has 1 aliphatic rings. The van der Waals surface area contributed by atoms with E-state index < -0.39 is 12.0 Å². The lowest BCUT2D eigenvalue weighted by Gasteiger charge is -2.26. The number of nitrogens with zero attached hydrogens (tertiary/aromatic N) is 1. The summed E-state index contributed by atoms with van der Waals surface area (Å²) in [6.07, 6.45) is 9.07. The van der Waals surface area contributed by atoms with E-state index in [4.69, 9.17) is 0 Å². The Balaban J connectivity index is 2.05. The molecule has 1 atom stereocenters. The van der Waals surface area contributed by atoms with Crippen LogP contribution in [0.25, 0.3) is 0 Å². The maximum Gasteiger partial charge on any atom is 0.325 e. The van der Waals surface area contributed by atoms with Crippen molar-refractivity contribution in [1.82, 2.24) is 10.3 Å². The Morgan fingerprint density at radius 2 is 2.18 bits per heavy atom. The van der Waals surface area contributed by atoms with Crippen molar-refractivity contribution >= 4 is 5.97 Å². The van der Waals surface area contributed by atoms with Gasteiger partial charge < -0.3 is 5.11 Å². The van der Waals surface area contributed by atoms with Gasteiger partial charge in [-0.3, -0.25) is 15.1 Å². The maximum absolute atomic E-state index is 11.3. The molecule has 1 heterocycles. The summed E-state index contributed by atoms with van der Waals surface area (Å²) >= 11 is 0. The summed E-state index contributed by atoms with van der Waals surface area (Å²) in [7, 11) is 0. The second-order valence-electron chi connectivity index (χ2n) is 4.56. The standard InChI is InChI=1S/C13H18N2O2/c16-13(17)12(10-5-4-8-14-9-10)15-11-6-2-1-3-7-11/h4-5,8-9,11-12,15H,1-3,6-7H2,(H,16,17). The number of aromatic nitrogens is 1. The second-order valence-corrected chi connectivity index (χ2v) is 4.56. The number of carbonyl (C=O) groups is 1. The molecular weight excluding hydrogens is 216 g/mol. The Morgan fingerprint density at radius 1 is 1.41 bits per heavy atom. The van der Waals surface area contributed by atoms with Crippen LogP contribution in [0, 0.1) is 0 Å². The molecule has 17 heavy (non-hydrogen) atoms. The minimum atomic E-state index is -0.830. The van der Waals surface area contributed by atoms with Gasteiger partial charge in [-0.1, -0.05) is 25.3 Å². The highest BCUT2D eigenvalue weighted by Crippen LogP contribution is 2.21. The number of nitrogens with one attached hydrogen (secondary N) is 1. The molecule has 0 radical (unpaired) electrons. The predicted molar refractivity (Wildman–Crippen MR) is 64.6 cm³/mol. The number of pyridine rings is 1. The van der Waals surface area contributed by atoms with Gasteiger partial charge in [0.25, 0.3) is 0 Å². The maximum atomic E-state index is 11.3. The van der Waals surface area contributed by atoms with Crippen molar-refractivity contribution in [3.63, 3.8) is 0 Å². The van der Waals surface area contributed by atoms with Crippen LogP contribution in [-0.2, 0) is 4.79 Å². The van der Waals surface area contributed by atoms with Crippen LogP contribution in [0.15, 0.2) is 24.5 Å². The van der Waals surface area contributed by atoms with E-state index in [-0.39, 0.29) is 0 Å². The fourth-order valence-electron chi connectivity index (χ4n) is 2.36. The first kappa shape index (κ1) is 12.0. The Morgan fingerprint density at radius 3 is 2.76 bits per heavy atom. The average molecular weight is 234 g/mol. The van der Waals surface area contributed by atoms with E-state index in [1.807, 2.05) is 6.07 Å². The van der Waals surface area contributed by atoms with Crippen LogP contribution >= 0.6 is 0 Å². The van der Waals surface area contributed by atoms with E-state index in [9.17, 15) is 9.90 Å². The molecular formula is C13H18N2O2. The smallest absolute Gasteiger partial charge is 0.325 e. The van der Waals surface area contributed by atoms with Gasteiger partial charge in [0, 0.05) is 18.4 Å². The van der Waals surface area contributed by atoms with E-state index in [2.05, 4.69) is 10.3 Å². The van der Waals surface area contributed by atoms with Crippen LogP contribution in [0.2, 0.25) is 0 Å². The van der Waals surface area contributed by atoms with Crippen molar-refractivity contribution in [2.45, 2.75) is 44.2 Å². The van der Waals surface area contributed by atoms with Gasteiger partial charge in [-0.15, -0.1) is 0 Å². The molecule has 0 spiro atoms. The van der Waals surface area contributed by atoms with Crippen molar-refractivity contribution in [2.24, 2.45) is 0 Å². The van der Waals surface area contributed by atoms with Crippen LogP contribution < -0.4 is 5.32 Å². The van der Waals surface area contributed by atoms with Crippen LogP contribution in [0.1, 0.15) is 43.7 Å². The normalized spacial score (nSPS) is 18.8. The lowest BCUT2D eigenvalue weighted by molar-refractivity contribution is -0.140. The third kappa shape index (κ3) is 3.27. The van der Waals surface area contributed by atoms with Gasteiger partial charge in [-0.05, 0) is 24.5 Å². The van der Waals surface area contributed by atoms with Crippen molar-refractivity contribution in [1.29, 1.82) is 0 Å². The molecule has 92 valence electrons. The number of carboxylic acid groups (broad SMARTS) is 1. The van der Waals surface area contributed by atoms with E-state index in [0.29, 0.717) is 6.04 Å². The zero-order valence-electron chi connectivity index (χ0n) is 9.80. The molecule has 0 saturated heterocycles. The van der Waals surface area contributed by atoms with Crippen molar-refractivity contribution in [3.05, 3.63) is 30.1 Å². The largest absolute Gasteiger partial charge is 0.480 e. The first-order chi connectivity index (χ1) is 8.27. The average Bonchev–Trinajstić information content (AvgIpc) is 2.38. The molecule has 1 aromatic rings. The quantitative estimate of drug-likeness (QED) is 0.837. The van der Waals surface area contributed by atoms with Crippen molar-refractivity contribution < 1.29 is 9.90 Å². The van der Waals surface area contributed by atoms with Crippen LogP contribution in [0.4, 0.5) is 0 Å². The van der Waals surface area contributed by atoms with Crippen molar-refractivity contribution in [3.8, 4) is 0 Å². The number of hydrogen-bond acceptors (Lipinski definition) is 3. The van der Waals surface area contributed by atoms with Gasteiger partial charge in [-0.2, -0.15) is 0 Å². The molecule has 0 aliphatic heterocycles. The molecule has 1 saturated carbocycles. The highest BCUT2D eigenvalue weighted by atomic mass is 16.4. The molecule has 0 aromatic carbocycles. The third-order valence-corrected chi connectivity index (χ3v) is 3.27. The van der Waals surface area contributed by atoms with E-state index in [1.54, 1.807) is 18.5 Å². The van der Waals surface area contributed by atoms with Crippen molar-refractivity contribution in [2.75, 3.05) is 0 Å². The Kier molecular flexibility index (Phi) is 4.09. The molecule has 4 heteroatoms. The first-order valence-electron chi connectivity index (χ1n) is 6.16. The summed E-state index contributed by atoms with van der Waals surface area (Å²) < 4.78 is 0. The summed E-state index contributed by atoms with van der Waals surface area (Å²) in [5, 5.41) is 12.5. The number of rotatable bonds is 4. The lowest BCUT2D eigenvalue weighted by Crippen LogP contribution is -2.38. The zero-order valence-corrected chi connectivity index (χ0v) is 9.80. The summed E-state index contributed by atoms with van der Waals surface area (Å²) in [6, 6.07) is 3.27. The summed E-state index contributed by atoms with van der Waals surface area (Å²) in [5.41, 5.74) is 0.727. The molecule has 1 fully saturated rings. The third-order valence-electron chi connectivity index (χ3n) is 3.27. The summed E-state index contributed by atoms with van der Waals surface area (Å²) in [5.74, 6) is -0.830. The lowest BCUT2D eigenvalue weighted by atomic mass is 9.94. The fraction of sp³-hybridized carbons (Fsp3) is 0.538. The molecule has 4 nitrogen and oxygen atoms in total. The molecule has 2 N–H and O–H groups in total. The summed E-state index contributed by atoms with van der Waals surface area (Å²) in [4.78, 5) is 15.3. The number of hydrogen-bond donors (Lipinski definition) is 2. The van der Waals surface area contributed by atoms with E-state index in [0.717, 1.165) is 18.4 Å². The van der Waals surface area contributed by atoms with E-state index in [1.165, 1.54) is 19.3 Å². The first-order valence-corrected chi connectivity index (χ1v) is 6.16. The second kappa shape index (κ2) is 5.77. The monoisotopic (exact) mass is 234 g/mol. The molecule has 1 aliphatic carbocycles. The SMILES string of the molecule is O=C(O)C(NC1CCCCC1)c1cccnc1. The minimum Gasteiger partial charge on any atom is -0.480 e. The van der Waals surface area contributed by atoms with Crippen LogP contribution in [-0.4, -0.2) is 22.1 Å².